The third-order valence-electron chi connectivity index (χ3n) is 5.68. The molecule has 0 heterocycles. The van der Waals surface area contributed by atoms with Crippen molar-refractivity contribution >= 4 is 0 Å². The minimum atomic E-state index is -5.05. The Labute approximate surface area is 168 Å². The van der Waals surface area contributed by atoms with Crippen LogP contribution in [0, 0.1) is 17.6 Å². The van der Waals surface area contributed by atoms with E-state index in [1.54, 1.807) is 12.1 Å². The van der Waals surface area contributed by atoms with Gasteiger partial charge in [-0.15, -0.1) is 0 Å². The molecule has 1 saturated carbocycles. The lowest BCUT2D eigenvalue weighted by Gasteiger charge is -2.27. The first-order valence-corrected chi connectivity index (χ1v) is 10.1. The Hall–Kier alpha value is -2.17. The number of halogens is 5. The standard InChI is InChI=1S/C24H25F5/c1-2-3-4-5-16-6-8-17(9-7-16)18-10-12-19(13-11-18)20-14-21(25)23(22(26)15-20)24(27,28)29/h4-5,10-17H,2-3,6-9H2,1H3/b5-4+. The minimum absolute atomic E-state index is 0.101. The lowest BCUT2D eigenvalue weighted by Crippen LogP contribution is -2.12. The molecular weight excluding hydrogens is 383 g/mol. The van der Waals surface area contributed by atoms with Crippen LogP contribution in [0.2, 0.25) is 0 Å². The Morgan fingerprint density at radius 2 is 1.48 bits per heavy atom. The summed E-state index contributed by atoms with van der Waals surface area (Å²) in [5.41, 5.74) is -0.0824. The van der Waals surface area contributed by atoms with Crippen LogP contribution in [0.5, 0.6) is 0 Å². The van der Waals surface area contributed by atoms with Gasteiger partial charge in [-0.25, -0.2) is 8.78 Å². The van der Waals surface area contributed by atoms with Crippen LogP contribution >= 0.6 is 0 Å². The predicted octanol–water partition coefficient (Wildman–Crippen LogP) is 8.28. The third kappa shape index (κ3) is 5.26. The Morgan fingerprint density at radius 3 is 2.00 bits per heavy atom. The van der Waals surface area contributed by atoms with E-state index in [1.165, 1.54) is 0 Å². The molecule has 1 aliphatic rings. The molecule has 29 heavy (non-hydrogen) atoms. The number of hydrogen-bond acceptors (Lipinski definition) is 0. The van der Waals surface area contributed by atoms with Crippen molar-refractivity contribution in [3.63, 3.8) is 0 Å². The maximum absolute atomic E-state index is 13.8. The monoisotopic (exact) mass is 408 g/mol. The average molecular weight is 408 g/mol. The van der Waals surface area contributed by atoms with Crippen molar-refractivity contribution in [3.8, 4) is 11.1 Å². The van der Waals surface area contributed by atoms with E-state index in [1.807, 2.05) is 12.1 Å². The molecule has 0 atom stereocenters. The molecule has 0 aliphatic heterocycles. The molecule has 0 radical (unpaired) electrons. The van der Waals surface area contributed by atoms with Crippen molar-refractivity contribution < 1.29 is 22.0 Å². The van der Waals surface area contributed by atoms with Crippen LogP contribution in [0.4, 0.5) is 22.0 Å². The van der Waals surface area contributed by atoms with E-state index < -0.39 is 23.4 Å². The second kappa shape index (κ2) is 9.10. The number of hydrogen-bond donors (Lipinski definition) is 0. The molecule has 0 amide bonds. The zero-order valence-electron chi connectivity index (χ0n) is 16.4. The Morgan fingerprint density at radius 1 is 0.897 bits per heavy atom. The quantitative estimate of drug-likeness (QED) is 0.345. The van der Waals surface area contributed by atoms with Gasteiger partial charge in [0.25, 0.3) is 0 Å². The van der Waals surface area contributed by atoms with E-state index in [0.717, 1.165) is 56.2 Å². The van der Waals surface area contributed by atoms with Crippen LogP contribution in [-0.2, 0) is 6.18 Å². The minimum Gasteiger partial charge on any atom is -0.206 e. The summed E-state index contributed by atoms with van der Waals surface area (Å²) in [7, 11) is 0. The first-order chi connectivity index (χ1) is 13.8. The fourth-order valence-electron chi connectivity index (χ4n) is 4.06. The maximum atomic E-state index is 13.8. The Bertz CT molecular complexity index is 818. The third-order valence-corrected chi connectivity index (χ3v) is 5.68. The highest BCUT2D eigenvalue weighted by Gasteiger charge is 2.38. The van der Waals surface area contributed by atoms with Crippen LogP contribution in [0.25, 0.3) is 11.1 Å². The lowest BCUT2D eigenvalue weighted by molar-refractivity contribution is -0.142. The number of rotatable bonds is 5. The average Bonchev–Trinajstić information content (AvgIpc) is 2.67. The molecule has 5 heteroatoms. The summed E-state index contributed by atoms with van der Waals surface area (Å²) >= 11 is 0. The van der Waals surface area contributed by atoms with Gasteiger partial charge < -0.3 is 0 Å². The molecule has 2 aromatic rings. The smallest absolute Gasteiger partial charge is 0.206 e. The maximum Gasteiger partial charge on any atom is 0.422 e. The second-order valence-electron chi connectivity index (χ2n) is 7.76. The van der Waals surface area contributed by atoms with Gasteiger partial charge in [0.1, 0.15) is 17.2 Å². The van der Waals surface area contributed by atoms with Gasteiger partial charge in [0, 0.05) is 0 Å². The molecule has 156 valence electrons. The topological polar surface area (TPSA) is 0 Å². The molecule has 0 aromatic heterocycles. The highest BCUT2D eigenvalue weighted by atomic mass is 19.4. The zero-order chi connectivity index (χ0) is 21.0. The SMILES string of the molecule is CCC/C=C/C1CCC(c2ccc(-c3cc(F)c(C(F)(F)F)c(F)c3)cc2)CC1. The molecule has 0 bridgehead atoms. The van der Waals surface area contributed by atoms with E-state index in [2.05, 4.69) is 19.1 Å². The number of allylic oxidation sites excluding steroid dienone is 2. The first-order valence-electron chi connectivity index (χ1n) is 10.1. The van der Waals surface area contributed by atoms with E-state index in [9.17, 15) is 22.0 Å². The van der Waals surface area contributed by atoms with Gasteiger partial charge in [0.15, 0.2) is 0 Å². The lowest BCUT2D eigenvalue weighted by atomic mass is 9.78. The molecule has 0 N–H and O–H groups in total. The second-order valence-corrected chi connectivity index (χ2v) is 7.76. The highest BCUT2D eigenvalue weighted by Crippen LogP contribution is 2.38. The van der Waals surface area contributed by atoms with Crippen LogP contribution in [0.15, 0.2) is 48.6 Å². The van der Waals surface area contributed by atoms with Crippen LogP contribution < -0.4 is 0 Å². The van der Waals surface area contributed by atoms with Gasteiger partial charge in [-0.3, -0.25) is 0 Å². The fourth-order valence-corrected chi connectivity index (χ4v) is 4.06. The predicted molar refractivity (Wildman–Crippen MR) is 106 cm³/mol. The summed E-state index contributed by atoms with van der Waals surface area (Å²) in [6, 6.07) is 8.78. The highest BCUT2D eigenvalue weighted by molar-refractivity contribution is 5.64. The molecule has 2 aromatic carbocycles. The van der Waals surface area contributed by atoms with Gasteiger partial charge in [-0.05, 0) is 72.8 Å². The van der Waals surface area contributed by atoms with Crippen molar-refractivity contribution in [1.29, 1.82) is 0 Å². The molecule has 3 rings (SSSR count). The molecule has 1 fully saturated rings. The normalized spacial score (nSPS) is 20.3. The Balaban J connectivity index is 1.70. The summed E-state index contributed by atoms with van der Waals surface area (Å²) in [5.74, 6) is -2.10. The van der Waals surface area contributed by atoms with Crippen molar-refractivity contribution in [3.05, 3.63) is 71.3 Å². The molecule has 0 saturated heterocycles. The first kappa shape index (κ1) is 21.5. The van der Waals surface area contributed by atoms with E-state index in [0.29, 0.717) is 17.4 Å². The zero-order valence-corrected chi connectivity index (χ0v) is 16.4. The van der Waals surface area contributed by atoms with Crippen molar-refractivity contribution in [1.82, 2.24) is 0 Å². The molecule has 1 aliphatic carbocycles. The van der Waals surface area contributed by atoms with Crippen molar-refractivity contribution in [2.75, 3.05) is 0 Å². The summed E-state index contributed by atoms with van der Waals surface area (Å²) in [5, 5.41) is 0. The molecule has 0 unspecified atom stereocenters. The Kier molecular flexibility index (Phi) is 6.76. The number of unbranched alkanes of at least 4 members (excludes halogenated alkanes) is 1. The van der Waals surface area contributed by atoms with Crippen molar-refractivity contribution in [2.24, 2.45) is 5.92 Å². The fraction of sp³-hybridized carbons (Fsp3) is 0.417. The van der Waals surface area contributed by atoms with Gasteiger partial charge in [-0.1, -0.05) is 49.8 Å². The molecule has 0 nitrogen and oxygen atoms in total. The summed E-state index contributed by atoms with van der Waals surface area (Å²) < 4.78 is 65.9. The summed E-state index contributed by atoms with van der Waals surface area (Å²) in [6.07, 6.45) is 6.27. The largest absolute Gasteiger partial charge is 0.422 e. The molecular formula is C24H25F5. The summed E-state index contributed by atoms with van der Waals surface area (Å²) in [6.45, 7) is 2.17. The van der Waals surface area contributed by atoms with Gasteiger partial charge in [0.05, 0.1) is 0 Å². The van der Waals surface area contributed by atoms with Crippen LogP contribution in [-0.4, -0.2) is 0 Å². The number of alkyl halides is 3. The molecule has 0 spiro atoms. The van der Waals surface area contributed by atoms with Crippen LogP contribution in [0.1, 0.15) is 62.5 Å². The van der Waals surface area contributed by atoms with E-state index in [-0.39, 0.29) is 5.56 Å². The van der Waals surface area contributed by atoms with Gasteiger partial charge in [-0.2, -0.15) is 13.2 Å². The van der Waals surface area contributed by atoms with Crippen molar-refractivity contribution in [2.45, 2.75) is 57.5 Å². The summed E-state index contributed by atoms with van der Waals surface area (Å²) in [4.78, 5) is 0. The number of benzene rings is 2. The van der Waals surface area contributed by atoms with Gasteiger partial charge >= 0.3 is 6.18 Å². The van der Waals surface area contributed by atoms with Crippen LogP contribution in [0.3, 0.4) is 0 Å². The van der Waals surface area contributed by atoms with E-state index in [4.69, 9.17) is 0 Å². The van der Waals surface area contributed by atoms with Gasteiger partial charge in [0.2, 0.25) is 0 Å². The van der Waals surface area contributed by atoms with E-state index >= 15 is 0 Å².